The monoisotopic (exact) mass is 355 g/mol. The molecule has 1 aliphatic rings. The van der Waals surface area contributed by atoms with Gasteiger partial charge in [0.1, 0.15) is 6.04 Å². The first-order chi connectivity index (χ1) is 12.2. The number of rotatable bonds is 5. The molecule has 2 aromatic rings. The van der Waals surface area contributed by atoms with E-state index in [2.05, 4.69) is 10.6 Å². The number of hydrogen-bond acceptors (Lipinski definition) is 3. The van der Waals surface area contributed by atoms with Gasteiger partial charge in [0.25, 0.3) is 0 Å². The highest BCUT2D eigenvalue weighted by atomic mass is 32.2. The lowest BCUT2D eigenvalue weighted by atomic mass is 10.1. The Morgan fingerprint density at radius 2 is 1.72 bits per heavy atom. The molecule has 0 unspecified atom stereocenters. The van der Waals surface area contributed by atoms with Crippen molar-refractivity contribution in [2.45, 2.75) is 12.5 Å². The van der Waals surface area contributed by atoms with Crippen molar-refractivity contribution >= 4 is 29.4 Å². The van der Waals surface area contributed by atoms with Gasteiger partial charge in [0.15, 0.2) is 0 Å². The molecule has 1 atom stereocenters. The molecule has 0 radical (unpaired) electrons. The molecule has 6 heteroatoms. The highest BCUT2D eigenvalue weighted by Gasteiger charge is 2.34. The van der Waals surface area contributed by atoms with Gasteiger partial charge in [-0.25, -0.2) is 4.79 Å². The second kappa shape index (κ2) is 8.58. The van der Waals surface area contributed by atoms with Gasteiger partial charge in [-0.05, 0) is 24.1 Å². The van der Waals surface area contributed by atoms with Crippen molar-refractivity contribution in [1.82, 2.24) is 10.2 Å². The molecule has 0 spiro atoms. The van der Waals surface area contributed by atoms with Crippen LogP contribution in [0.4, 0.5) is 10.5 Å². The van der Waals surface area contributed by atoms with Crippen LogP contribution >= 0.6 is 11.8 Å². The number of thioether (sulfide) groups is 1. The average Bonchev–Trinajstić information content (AvgIpc) is 3.13. The number of benzene rings is 2. The van der Waals surface area contributed by atoms with Crippen molar-refractivity contribution in [2.75, 3.05) is 23.5 Å². The maximum absolute atomic E-state index is 12.5. The molecule has 0 bridgehead atoms. The maximum atomic E-state index is 12.5. The number of urea groups is 1. The Balaban J connectivity index is 1.51. The Morgan fingerprint density at radius 1 is 1.04 bits per heavy atom. The van der Waals surface area contributed by atoms with Gasteiger partial charge in [-0.15, -0.1) is 11.8 Å². The molecule has 3 rings (SSSR count). The Labute approximate surface area is 151 Å². The SMILES string of the molecule is O=C(NCCc1ccccc1)[C@@H]1CSCN1C(=O)Nc1ccccc1. The van der Waals surface area contributed by atoms with Crippen LogP contribution in [0.15, 0.2) is 60.7 Å². The first-order valence-electron chi connectivity index (χ1n) is 8.26. The zero-order valence-corrected chi connectivity index (χ0v) is 14.7. The molecule has 2 aromatic carbocycles. The second-order valence-corrected chi connectivity index (χ2v) is 6.81. The smallest absolute Gasteiger partial charge is 0.323 e. The molecule has 0 aromatic heterocycles. The van der Waals surface area contributed by atoms with Crippen molar-refractivity contribution in [3.8, 4) is 0 Å². The first-order valence-corrected chi connectivity index (χ1v) is 9.41. The molecule has 1 saturated heterocycles. The predicted molar refractivity (Wildman–Crippen MR) is 102 cm³/mol. The van der Waals surface area contributed by atoms with Gasteiger partial charge in [0.2, 0.25) is 5.91 Å². The zero-order chi connectivity index (χ0) is 17.5. The van der Waals surface area contributed by atoms with Gasteiger partial charge >= 0.3 is 6.03 Å². The topological polar surface area (TPSA) is 61.4 Å². The molecule has 3 amide bonds. The fourth-order valence-electron chi connectivity index (χ4n) is 2.67. The summed E-state index contributed by atoms with van der Waals surface area (Å²) < 4.78 is 0. The summed E-state index contributed by atoms with van der Waals surface area (Å²) >= 11 is 1.59. The third-order valence-corrected chi connectivity index (χ3v) is 5.04. The maximum Gasteiger partial charge on any atom is 0.323 e. The Morgan fingerprint density at radius 3 is 2.44 bits per heavy atom. The molecule has 0 saturated carbocycles. The minimum atomic E-state index is -0.426. The number of carbonyl (C=O) groups excluding carboxylic acids is 2. The molecule has 1 fully saturated rings. The fourth-order valence-corrected chi connectivity index (χ4v) is 3.82. The summed E-state index contributed by atoms with van der Waals surface area (Å²) in [7, 11) is 0. The van der Waals surface area contributed by atoms with E-state index in [0.717, 1.165) is 12.1 Å². The van der Waals surface area contributed by atoms with E-state index in [1.54, 1.807) is 16.7 Å². The highest BCUT2D eigenvalue weighted by molar-refractivity contribution is 7.99. The summed E-state index contributed by atoms with van der Waals surface area (Å²) in [5, 5.41) is 5.79. The van der Waals surface area contributed by atoms with E-state index < -0.39 is 6.04 Å². The van der Waals surface area contributed by atoms with Crippen molar-refractivity contribution < 1.29 is 9.59 Å². The van der Waals surface area contributed by atoms with Gasteiger partial charge in [0, 0.05) is 18.0 Å². The van der Waals surface area contributed by atoms with Gasteiger partial charge < -0.3 is 15.5 Å². The fraction of sp³-hybridized carbons (Fsp3) is 0.263. The van der Waals surface area contributed by atoms with E-state index in [9.17, 15) is 9.59 Å². The third kappa shape index (κ3) is 4.76. The quantitative estimate of drug-likeness (QED) is 0.867. The van der Waals surface area contributed by atoms with E-state index >= 15 is 0 Å². The van der Waals surface area contributed by atoms with Crippen LogP contribution in [-0.4, -0.2) is 41.1 Å². The standard InChI is InChI=1S/C19H21N3O2S/c23-18(20-12-11-15-7-3-1-4-8-15)17-13-25-14-22(17)19(24)21-16-9-5-2-6-10-16/h1-10,17H,11-14H2,(H,20,23)(H,21,24)/t17-/m0/s1. The summed E-state index contributed by atoms with van der Waals surface area (Å²) in [6, 6.07) is 18.6. The lowest BCUT2D eigenvalue weighted by Crippen LogP contribution is -2.49. The molecule has 0 aliphatic carbocycles. The molecule has 1 heterocycles. The van der Waals surface area contributed by atoms with Crippen LogP contribution in [0.2, 0.25) is 0 Å². The van der Waals surface area contributed by atoms with Gasteiger partial charge in [0.05, 0.1) is 5.88 Å². The summed E-state index contributed by atoms with van der Waals surface area (Å²) in [5.74, 6) is 1.05. The van der Waals surface area contributed by atoms with Crippen molar-refractivity contribution in [3.05, 3.63) is 66.2 Å². The van der Waals surface area contributed by atoms with Gasteiger partial charge in [-0.3, -0.25) is 4.79 Å². The minimum absolute atomic E-state index is 0.0934. The minimum Gasteiger partial charge on any atom is -0.354 e. The number of nitrogens with zero attached hydrogens (tertiary/aromatic N) is 1. The van der Waals surface area contributed by atoms with Crippen LogP contribution in [0.25, 0.3) is 0 Å². The molecule has 25 heavy (non-hydrogen) atoms. The van der Waals surface area contributed by atoms with Crippen molar-refractivity contribution in [1.29, 1.82) is 0 Å². The van der Waals surface area contributed by atoms with Gasteiger partial charge in [-0.1, -0.05) is 48.5 Å². The molecule has 130 valence electrons. The van der Waals surface area contributed by atoms with E-state index in [0.29, 0.717) is 18.2 Å². The summed E-state index contributed by atoms with van der Waals surface area (Å²) in [4.78, 5) is 26.5. The Kier molecular flexibility index (Phi) is 5.95. The lowest BCUT2D eigenvalue weighted by molar-refractivity contribution is -0.124. The molecule has 5 nitrogen and oxygen atoms in total. The van der Waals surface area contributed by atoms with E-state index in [-0.39, 0.29) is 11.9 Å². The second-order valence-electron chi connectivity index (χ2n) is 5.81. The number of anilines is 1. The predicted octanol–water partition coefficient (Wildman–Crippen LogP) is 2.95. The van der Waals surface area contributed by atoms with Crippen molar-refractivity contribution in [2.24, 2.45) is 0 Å². The van der Waals surface area contributed by atoms with Crippen LogP contribution in [0, 0.1) is 0 Å². The number of carbonyl (C=O) groups is 2. The molecule has 1 aliphatic heterocycles. The first kappa shape index (κ1) is 17.4. The number of nitrogens with one attached hydrogen (secondary N) is 2. The summed E-state index contributed by atoms with van der Waals surface area (Å²) in [6.45, 7) is 0.568. The third-order valence-electron chi connectivity index (χ3n) is 4.03. The van der Waals surface area contributed by atoms with E-state index in [1.165, 1.54) is 5.56 Å². The normalized spacial score (nSPS) is 16.5. The molecular formula is C19H21N3O2S. The Hall–Kier alpha value is -2.47. The zero-order valence-electron chi connectivity index (χ0n) is 13.9. The van der Waals surface area contributed by atoms with E-state index in [4.69, 9.17) is 0 Å². The van der Waals surface area contributed by atoms with Crippen LogP contribution in [0.5, 0.6) is 0 Å². The van der Waals surface area contributed by atoms with Crippen LogP contribution in [0.1, 0.15) is 5.56 Å². The summed E-state index contributed by atoms with van der Waals surface area (Å²) in [6.07, 6.45) is 0.780. The van der Waals surface area contributed by atoms with Gasteiger partial charge in [-0.2, -0.15) is 0 Å². The number of hydrogen-bond donors (Lipinski definition) is 2. The Bertz CT molecular complexity index is 709. The van der Waals surface area contributed by atoms with Crippen LogP contribution in [0.3, 0.4) is 0 Å². The van der Waals surface area contributed by atoms with Crippen LogP contribution in [-0.2, 0) is 11.2 Å². The lowest BCUT2D eigenvalue weighted by Gasteiger charge is -2.23. The average molecular weight is 355 g/mol. The van der Waals surface area contributed by atoms with E-state index in [1.807, 2.05) is 60.7 Å². The number of amides is 3. The molecular weight excluding hydrogens is 334 g/mol. The largest absolute Gasteiger partial charge is 0.354 e. The number of para-hydroxylation sites is 1. The highest BCUT2D eigenvalue weighted by Crippen LogP contribution is 2.22. The van der Waals surface area contributed by atoms with Crippen LogP contribution < -0.4 is 10.6 Å². The molecule has 2 N–H and O–H groups in total. The summed E-state index contributed by atoms with van der Waals surface area (Å²) in [5.41, 5.74) is 1.91. The van der Waals surface area contributed by atoms with Crippen molar-refractivity contribution in [3.63, 3.8) is 0 Å².